The number of para-hydroxylation sites is 1. The molecule has 3 rings (SSSR count). The Morgan fingerprint density at radius 2 is 1.65 bits per heavy atom. The number of anilines is 2. The first-order valence-electron chi connectivity index (χ1n) is 6.78. The normalized spacial score (nSPS) is 14.4. The molecule has 0 spiro atoms. The number of alkyl halides is 3. The van der Waals surface area contributed by atoms with Crippen LogP contribution in [-0.2, 0) is 0 Å². The molecule has 1 aliphatic heterocycles. The quantitative estimate of drug-likeness (QED) is 0.774. The highest BCUT2D eigenvalue weighted by Crippen LogP contribution is 2.30. The lowest BCUT2D eigenvalue weighted by Crippen LogP contribution is -2.35. The molecule has 0 saturated heterocycles. The Hall–Kier alpha value is -2.70. The molecule has 0 radical (unpaired) electrons. The van der Waals surface area contributed by atoms with Gasteiger partial charge in [0.05, 0.1) is 17.9 Å². The fourth-order valence-corrected chi connectivity index (χ4v) is 2.32. The van der Waals surface area contributed by atoms with Crippen LogP contribution in [0.4, 0.5) is 28.9 Å². The zero-order chi connectivity index (χ0) is 16.4. The fourth-order valence-electron chi connectivity index (χ4n) is 2.32. The Morgan fingerprint density at radius 3 is 2.30 bits per heavy atom. The van der Waals surface area contributed by atoms with Crippen molar-refractivity contribution >= 4 is 11.4 Å². The Balaban J connectivity index is 1.83. The molecule has 2 aromatic rings. The topological polar surface area (TPSA) is 15.7 Å². The average Bonchev–Trinajstić information content (AvgIpc) is 2.96. The molecule has 0 bridgehead atoms. The van der Waals surface area contributed by atoms with Gasteiger partial charge in [0.1, 0.15) is 11.6 Å². The van der Waals surface area contributed by atoms with E-state index in [2.05, 4.69) is 4.74 Å². The summed E-state index contributed by atoms with van der Waals surface area (Å²) in [5, 5.41) is 3.34. The Morgan fingerprint density at radius 1 is 0.957 bits per heavy atom. The van der Waals surface area contributed by atoms with E-state index in [1.54, 1.807) is 34.4 Å². The Kier molecular flexibility index (Phi) is 3.85. The van der Waals surface area contributed by atoms with Gasteiger partial charge in [-0.2, -0.15) is 0 Å². The van der Waals surface area contributed by atoms with E-state index in [0.717, 1.165) is 0 Å². The van der Waals surface area contributed by atoms with Gasteiger partial charge in [0.2, 0.25) is 0 Å². The molecular formula is C16H12F4N2O. The van der Waals surface area contributed by atoms with Gasteiger partial charge in [-0.15, -0.1) is 13.2 Å². The third-order valence-corrected chi connectivity index (χ3v) is 3.25. The van der Waals surface area contributed by atoms with Gasteiger partial charge in [0.15, 0.2) is 0 Å². The molecule has 0 saturated carbocycles. The van der Waals surface area contributed by atoms with E-state index < -0.39 is 6.36 Å². The molecule has 23 heavy (non-hydrogen) atoms. The summed E-state index contributed by atoms with van der Waals surface area (Å²) in [5.41, 5.74) is 0.977. The third-order valence-electron chi connectivity index (χ3n) is 3.25. The minimum Gasteiger partial charge on any atom is -0.406 e. The number of hydrogen-bond acceptors (Lipinski definition) is 3. The van der Waals surface area contributed by atoms with Crippen LogP contribution in [0, 0.1) is 5.82 Å². The number of hydrazine groups is 1. The van der Waals surface area contributed by atoms with Crippen LogP contribution in [-0.4, -0.2) is 12.9 Å². The van der Waals surface area contributed by atoms with Gasteiger partial charge >= 0.3 is 6.36 Å². The van der Waals surface area contributed by atoms with Crippen molar-refractivity contribution in [2.45, 2.75) is 6.36 Å². The van der Waals surface area contributed by atoms with Crippen molar-refractivity contribution in [3.8, 4) is 5.75 Å². The molecule has 0 N–H and O–H groups in total. The van der Waals surface area contributed by atoms with Crippen molar-refractivity contribution < 1.29 is 22.3 Å². The van der Waals surface area contributed by atoms with E-state index in [9.17, 15) is 17.6 Å². The summed E-state index contributed by atoms with van der Waals surface area (Å²) in [7, 11) is 0. The molecule has 3 nitrogen and oxygen atoms in total. The lowest BCUT2D eigenvalue weighted by atomic mass is 10.3. The summed E-state index contributed by atoms with van der Waals surface area (Å²) in [4.78, 5) is 0. The first-order chi connectivity index (χ1) is 10.9. The van der Waals surface area contributed by atoms with Crippen molar-refractivity contribution in [3.63, 3.8) is 0 Å². The zero-order valence-corrected chi connectivity index (χ0v) is 11.8. The Bertz CT molecular complexity index is 713. The predicted octanol–water partition coefficient (Wildman–Crippen LogP) is 4.48. The van der Waals surface area contributed by atoms with Crippen LogP contribution in [0.5, 0.6) is 5.75 Å². The molecule has 0 atom stereocenters. The van der Waals surface area contributed by atoms with Gasteiger partial charge in [0.25, 0.3) is 0 Å². The lowest BCUT2D eigenvalue weighted by Gasteiger charge is -2.31. The van der Waals surface area contributed by atoms with Crippen LogP contribution < -0.4 is 14.8 Å². The highest BCUT2D eigenvalue weighted by molar-refractivity contribution is 5.63. The second kappa shape index (κ2) is 5.83. The first-order valence-corrected chi connectivity index (χ1v) is 6.78. The second-order valence-electron chi connectivity index (χ2n) is 4.80. The van der Waals surface area contributed by atoms with Gasteiger partial charge < -0.3 is 4.74 Å². The molecule has 120 valence electrons. The zero-order valence-electron chi connectivity index (χ0n) is 11.8. The standard InChI is InChI=1S/C16H12F4N2O/c17-14-4-1-2-5-15(14)22-11-3-10-21(22)12-6-8-13(9-7-12)23-16(18,19)20/h1-10H,11H2. The van der Waals surface area contributed by atoms with Crippen molar-refractivity contribution in [2.75, 3.05) is 16.6 Å². The predicted molar refractivity (Wildman–Crippen MR) is 78.5 cm³/mol. The summed E-state index contributed by atoms with van der Waals surface area (Å²) in [6.45, 7) is 0.460. The second-order valence-corrected chi connectivity index (χ2v) is 4.80. The summed E-state index contributed by atoms with van der Waals surface area (Å²) < 4.78 is 54.3. The number of nitrogens with zero attached hydrogens (tertiary/aromatic N) is 2. The molecule has 1 heterocycles. The number of halogens is 4. The summed E-state index contributed by atoms with van der Waals surface area (Å²) in [5.74, 6) is -0.680. The molecule has 1 aliphatic rings. The highest BCUT2D eigenvalue weighted by atomic mass is 19.4. The van der Waals surface area contributed by atoms with E-state index in [-0.39, 0.29) is 11.6 Å². The van der Waals surface area contributed by atoms with Crippen molar-refractivity contribution in [1.82, 2.24) is 0 Å². The molecule has 0 amide bonds. The number of hydrogen-bond donors (Lipinski definition) is 0. The Labute approximate surface area is 130 Å². The SMILES string of the molecule is Fc1ccccc1N1CC=CN1c1ccc(OC(F)(F)F)cc1. The average molecular weight is 324 g/mol. The van der Waals surface area contributed by atoms with Crippen molar-refractivity contribution in [2.24, 2.45) is 0 Å². The van der Waals surface area contributed by atoms with E-state index in [1.807, 2.05) is 6.08 Å². The van der Waals surface area contributed by atoms with Gasteiger partial charge in [-0.05, 0) is 42.5 Å². The number of ether oxygens (including phenoxy) is 1. The first kappa shape index (κ1) is 15.2. The van der Waals surface area contributed by atoms with Gasteiger partial charge in [-0.25, -0.2) is 4.39 Å². The molecule has 0 aromatic heterocycles. The third kappa shape index (κ3) is 3.39. The molecule has 0 fully saturated rings. The van der Waals surface area contributed by atoms with Crippen LogP contribution in [0.25, 0.3) is 0 Å². The summed E-state index contributed by atoms with van der Waals surface area (Å²) in [6, 6.07) is 11.7. The monoisotopic (exact) mass is 324 g/mol. The summed E-state index contributed by atoms with van der Waals surface area (Å²) >= 11 is 0. The molecule has 0 unspecified atom stereocenters. The van der Waals surface area contributed by atoms with Crippen LogP contribution in [0.1, 0.15) is 0 Å². The van der Waals surface area contributed by atoms with Crippen molar-refractivity contribution in [1.29, 1.82) is 0 Å². The van der Waals surface area contributed by atoms with Crippen LogP contribution in [0.3, 0.4) is 0 Å². The van der Waals surface area contributed by atoms with Crippen LogP contribution in [0.2, 0.25) is 0 Å². The molecule has 2 aromatic carbocycles. The lowest BCUT2D eigenvalue weighted by molar-refractivity contribution is -0.274. The van der Waals surface area contributed by atoms with Gasteiger partial charge in [0, 0.05) is 6.20 Å². The largest absolute Gasteiger partial charge is 0.573 e. The van der Waals surface area contributed by atoms with Crippen molar-refractivity contribution in [3.05, 3.63) is 66.6 Å². The van der Waals surface area contributed by atoms with E-state index in [0.29, 0.717) is 17.9 Å². The maximum absolute atomic E-state index is 13.9. The highest BCUT2D eigenvalue weighted by Gasteiger charge is 2.31. The van der Waals surface area contributed by atoms with E-state index >= 15 is 0 Å². The van der Waals surface area contributed by atoms with Crippen LogP contribution >= 0.6 is 0 Å². The maximum atomic E-state index is 13.9. The number of rotatable bonds is 3. The maximum Gasteiger partial charge on any atom is 0.573 e. The fraction of sp³-hybridized carbons (Fsp3) is 0.125. The van der Waals surface area contributed by atoms with E-state index in [1.165, 1.54) is 30.3 Å². The van der Waals surface area contributed by atoms with Gasteiger partial charge in [-0.3, -0.25) is 10.0 Å². The van der Waals surface area contributed by atoms with Crippen LogP contribution in [0.15, 0.2) is 60.8 Å². The minimum absolute atomic E-state index is 0.304. The molecule has 7 heteroatoms. The number of benzene rings is 2. The van der Waals surface area contributed by atoms with Gasteiger partial charge in [-0.1, -0.05) is 12.1 Å². The van der Waals surface area contributed by atoms with E-state index in [4.69, 9.17) is 0 Å². The smallest absolute Gasteiger partial charge is 0.406 e. The minimum atomic E-state index is -4.73. The molecular weight excluding hydrogens is 312 g/mol. The summed E-state index contributed by atoms with van der Waals surface area (Å²) in [6.07, 6.45) is -1.17. The molecule has 0 aliphatic carbocycles.